The van der Waals surface area contributed by atoms with E-state index in [0.717, 1.165) is 36.6 Å². The first-order valence-corrected chi connectivity index (χ1v) is 11.2. The van der Waals surface area contributed by atoms with Gasteiger partial charge >= 0.3 is 0 Å². The third-order valence-electron chi connectivity index (χ3n) is 4.23. The van der Waals surface area contributed by atoms with Crippen molar-refractivity contribution < 1.29 is 13.2 Å². The molecule has 1 heterocycles. The Kier molecular flexibility index (Phi) is 7.71. The highest BCUT2D eigenvalue weighted by Gasteiger charge is 2.22. The van der Waals surface area contributed by atoms with E-state index in [4.69, 9.17) is 0 Å². The van der Waals surface area contributed by atoms with Crippen molar-refractivity contribution in [3.63, 3.8) is 0 Å². The number of carbonyl (C=O) groups is 1. The first-order chi connectivity index (χ1) is 11.9. The molecule has 0 unspecified atom stereocenters. The zero-order valence-corrected chi connectivity index (χ0v) is 17.0. The lowest BCUT2D eigenvalue weighted by atomic mass is 10.1. The van der Waals surface area contributed by atoms with E-state index in [-0.39, 0.29) is 12.5 Å². The summed E-state index contributed by atoms with van der Waals surface area (Å²) in [5.41, 5.74) is 0.466. The first kappa shape index (κ1) is 20.2. The van der Waals surface area contributed by atoms with Crippen molar-refractivity contribution in [1.82, 2.24) is 10.2 Å². The van der Waals surface area contributed by atoms with Gasteiger partial charge in [0.2, 0.25) is 15.9 Å². The largest absolute Gasteiger partial charge is 0.354 e. The van der Waals surface area contributed by atoms with Crippen LogP contribution in [0, 0.1) is 0 Å². The molecule has 0 atom stereocenters. The lowest BCUT2D eigenvalue weighted by Gasteiger charge is -2.26. The van der Waals surface area contributed by atoms with Crippen LogP contribution in [0.1, 0.15) is 25.7 Å². The van der Waals surface area contributed by atoms with Crippen molar-refractivity contribution >= 4 is 37.5 Å². The molecule has 0 radical (unpaired) electrons. The van der Waals surface area contributed by atoms with Crippen molar-refractivity contribution in [1.29, 1.82) is 0 Å². The third-order valence-corrected chi connectivity index (χ3v) is 6.03. The number of nitrogens with one attached hydrogen (secondary N) is 1. The Morgan fingerprint density at radius 3 is 2.56 bits per heavy atom. The van der Waals surface area contributed by atoms with Gasteiger partial charge in [-0.2, -0.15) is 0 Å². The van der Waals surface area contributed by atoms with E-state index < -0.39 is 10.0 Å². The van der Waals surface area contributed by atoms with E-state index in [1.807, 2.05) is 0 Å². The van der Waals surface area contributed by atoms with Gasteiger partial charge in [-0.25, -0.2) is 8.42 Å². The molecular formula is C17H26BrN3O3S. The molecular weight excluding hydrogens is 406 g/mol. The van der Waals surface area contributed by atoms with E-state index in [1.165, 1.54) is 19.3 Å². The van der Waals surface area contributed by atoms with Crippen LogP contribution in [0.25, 0.3) is 0 Å². The topological polar surface area (TPSA) is 69.7 Å². The Balaban J connectivity index is 1.84. The molecule has 1 aromatic rings. The number of carbonyl (C=O) groups excluding carboxylic acids is 1. The second-order valence-corrected chi connectivity index (χ2v) is 9.09. The van der Waals surface area contributed by atoms with Crippen LogP contribution in [-0.2, 0) is 14.8 Å². The smallest absolute Gasteiger partial charge is 0.240 e. The number of sulfonamides is 1. The molecule has 1 aliphatic heterocycles. The van der Waals surface area contributed by atoms with E-state index in [0.29, 0.717) is 16.7 Å². The average molecular weight is 432 g/mol. The number of para-hydroxylation sites is 1. The molecule has 2 rings (SSSR count). The molecule has 1 saturated heterocycles. The van der Waals surface area contributed by atoms with Crippen molar-refractivity contribution in [2.45, 2.75) is 25.7 Å². The summed E-state index contributed by atoms with van der Waals surface area (Å²) in [5, 5.41) is 2.83. The van der Waals surface area contributed by atoms with Gasteiger partial charge in [0.1, 0.15) is 6.54 Å². The molecule has 0 spiro atoms. The minimum atomic E-state index is -3.55. The number of benzene rings is 1. The van der Waals surface area contributed by atoms with Crippen molar-refractivity contribution in [2.24, 2.45) is 0 Å². The Morgan fingerprint density at radius 1 is 1.24 bits per heavy atom. The number of hydrogen-bond donors (Lipinski definition) is 1. The third kappa shape index (κ3) is 6.60. The summed E-state index contributed by atoms with van der Waals surface area (Å²) in [6.45, 7) is 3.59. The van der Waals surface area contributed by atoms with Gasteiger partial charge in [0.05, 0.1) is 11.9 Å². The molecule has 6 nitrogen and oxygen atoms in total. The number of halogens is 1. The second-order valence-electron chi connectivity index (χ2n) is 6.33. The zero-order valence-electron chi connectivity index (χ0n) is 14.6. The highest BCUT2D eigenvalue weighted by molar-refractivity contribution is 9.10. The number of hydrogen-bond acceptors (Lipinski definition) is 4. The second kappa shape index (κ2) is 9.54. The summed E-state index contributed by atoms with van der Waals surface area (Å²) in [6.07, 6.45) is 5.79. The van der Waals surface area contributed by atoms with Gasteiger partial charge in [-0.3, -0.25) is 9.10 Å². The highest BCUT2D eigenvalue weighted by atomic mass is 79.9. The Morgan fingerprint density at radius 2 is 1.92 bits per heavy atom. The fraction of sp³-hybridized carbons (Fsp3) is 0.588. The van der Waals surface area contributed by atoms with Gasteiger partial charge in [0.15, 0.2) is 0 Å². The Labute approximate surface area is 158 Å². The standard InChI is InChI=1S/C17H26BrN3O3S/c1-25(23,24)21(16-9-4-3-8-15(16)18)14-17(22)19-10-7-13-20-11-5-2-6-12-20/h3-4,8-9H,2,5-7,10-14H2,1H3,(H,19,22). The average Bonchev–Trinajstić information content (AvgIpc) is 2.57. The summed E-state index contributed by atoms with van der Waals surface area (Å²) >= 11 is 3.34. The normalized spacial score (nSPS) is 15.8. The minimum absolute atomic E-state index is 0.217. The zero-order chi connectivity index (χ0) is 18.3. The van der Waals surface area contributed by atoms with Crippen LogP contribution in [-0.4, -0.2) is 58.2 Å². The van der Waals surface area contributed by atoms with Crippen LogP contribution in [0.4, 0.5) is 5.69 Å². The van der Waals surface area contributed by atoms with Crippen molar-refractivity contribution in [2.75, 3.05) is 43.3 Å². The molecule has 1 N–H and O–H groups in total. The van der Waals surface area contributed by atoms with Crippen LogP contribution >= 0.6 is 15.9 Å². The van der Waals surface area contributed by atoms with E-state index in [2.05, 4.69) is 26.1 Å². The molecule has 8 heteroatoms. The van der Waals surface area contributed by atoms with Crippen LogP contribution in [0.5, 0.6) is 0 Å². The SMILES string of the molecule is CS(=O)(=O)N(CC(=O)NCCCN1CCCCC1)c1ccccc1Br. The lowest BCUT2D eigenvalue weighted by molar-refractivity contribution is -0.119. The maximum absolute atomic E-state index is 12.2. The molecule has 0 aliphatic carbocycles. The van der Waals surface area contributed by atoms with Gasteiger partial charge in [-0.15, -0.1) is 0 Å². The molecule has 0 bridgehead atoms. The van der Waals surface area contributed by atoms with E-state index >= 15 is 0 Å². The van der Waals surface area contributed by atoms with Gasteiger partial charge in [0, 0.05) is 11.0 Å². The number of rotatable bonds is 8. The summed E-state index contributed by atoms with van der Waals surface area (Å²) in [7, 11) is -3.55. The Hall–Kier alpha value is -1.12. The maximum atomic E-state index is 12.2. The van der Waals surface area contributed by atoms with Gasteiger partial charge in [-0.05, 0) is 67.0 Å². The highest BCUT2D eigenvalue weighted by Crippen LogP contribution is 2.27. The van der Waals surface area contributed by atoms with Crippen LogP contribution in [0.3, 0.4) is 0 Å². The molecule has 25 heavy (non-hydrogen) atoms. The van der Waals surface area contributed by atoms with Crippen LogP contribution in [0.2, 0.25) is 0 Å². The van der Waals surface area contributed by atoms with Gasteiger partial charge < -0.3 is 10.2 Å². The summed E-state index contributed by atoms with van der Waals surface area (Å²) in [4.78, 5) is 14.6. The molecule has 0 saturated carbocycles. The fourth-order valence-corrected chi connectivity index (χ4v) is 4.42. The van der Waals surface area contributed by atoms with Gasteiger partial charge in [-0.1, -0.05) is 18.6 Å². The molecule has 1 aromatic carbocycles. The number of nitrogens with zero attached hydrogens (tertiary/aromatic N) is 2. The van der Waals surface area contributed by atoms with Crippen LogP contribution < -0.4 is 9.62 Å². The van der Waals surface area contributed by atoms with Gasteiger partial charge in [0.25, 0.3) is 0 Å². The van der Waals surface area contributed by atoms with Crippen LogP contribution in [0.15, 0.2) is 28.7 Å². The quantitative estimate of drug-likeness (QED) is 0.640. The lowest BCUT2D eigenvalue weighted by Crippen LogP contribution is -2.41. The van der Waals surface area contributed by atoms with E-state index in [9.17, 15) is 13.2 Å². The first-order valence-electron chi connectivity index (χ1n) is 8.59. The number of piperidine rings is 1. The molecule has 1 fully saturated rings. The molecule has 0 aromatic heterocycles. The Bertz CT molecular complexity index is 675. The number of likely N-dealkylation sites (tertiary alicyclic amines) is 1. The van der Waals surface area contributed by atoms with E-state index in [1.54, 1.807) is 24.3 Å². The maximum Gasteiger partial charge on any atom is 0.240 e. The molecule has 1 amide bonds. The number of anilines is 1. The predicted molar refractivity (Wildman–Crippen MR) is 104 cm³/mol. The fourth-order valence-electron chi connectivity index (χ4n) is 2.93. The molecule has 140 valence electrons. The monoisotopic (exact) mass is 431 g/mol. The summed E-state index contributed by atoms with van der Waals surface area (Å²) in [6, 6.07) is 6.97. The van der Waals surface area contributed by atoms with Crippen molar-refractivity contribution in [3.8, 4) is 0 Å². The van der Waals surface area contributed by atoms with Crippen molar-refractivity contribution in [3.05, 3.63) is 28.7 Å². The predicted octanol–water partition coefficient (Wildman–Crippen LogP) is 2.21. The summed E-state index contributed by atoms with van der Waals surface area (Å²) < 4.78 is 25.9. The number of amides is 1. The molecule has 1 aliphatic rings. The minimum Gasteiger partial charge on any atom is -0.354 e. The summed E-state index contributed by atoms with van der Waals surface area (Å²) in [5.74, 6) is -0.292.